The van der Waals surface area contributed by atoms with E-state index in [1.54, 1.807) is 0 Å². The van der Waals surface area contributed by atoms with Gasteiger partial charge in [-0.25, -0.2) is 0 Å². The molecule has 0 aromatic heterocycles. The van der Waals surface area contributed by atoms with Crippen molar-refractivity contribution < 1.29 is 22.8 Å². The van der Waals surface area contributed by atoms with Crippen molar-refractivity contribution in [2.45, 2.75) is 44.5 Å². The zero-order chi connectivity index (χ0) is 15.0. The van der Waals surface area contributed by atoms with Crippen molar-refractivity contribution in [3.8, 4) is 0 Å². The Kier molecular flexibility index (Phi) is 7.15. The average Bonchev–Trinajstić information content (AvgIpc) is 2.37. The van der Waals surface area contributed by atoms with Crippen molar-refractivity contribution in [2.75, 3.05) is 6.26 Å². The number of ether oxygens (including phenoxy) is 1. The maximum atomic E-state index is 9.36. The van der Waals surface area contributed by atoms with Crippen LogP contribution >= 0.6 is 0 Å². The van der Waals surface area contributed by atoms with Crippen molar-refractivity contribution in [3.63, 3.8) is 0 Å². The van der Waals surface area contributed by atoms with Crippen LogP contribution in [0.3, 0.4) is 0 Å². The Labute approximate surface area is 120 Å². The van der Waals surface area contributed by atoms with Gasteiger partial charge < -0.3 is 9.84 Å². The van der Waals surface area contributed by atoms with Crippen molar-refractivity contribution in [1.82, 2.24) is 0 Å². The molecule has 2 rings (SSSR count). The molecule has 0 radical (unpaired) electrons. The second-order valence-corrected chi connectivity index (χ2v) is 6.43. The van der Waals surface area contributed by atoms with E-state index in [-0.39, 0.29) is 6.10 Å². The third-order valence-corrected chi connectivity index (χ3v) is 2.97. The minimum absolute atomic E-state index is 0.0958. The fraction of sp³-hybridized carbons (Fsp3) is 0.571. The van der Waals surface area contributed by atoms with Gasteiger partial charge in [-0.2, -0.15) is 8.42 Å². The fourth-order valence-corrected chi connectivity index (χ4v) is 2.00. The second kappa shape index (κ2) is 8.36. The van der Waals surface area contributed by atoms with Crippen molar-refractivity contribution in [1.29, 1.82) is 0 Å². The molecule has 20 heavy (non-hydrogen) atoms. The fourth-order valence-electron chi connectivity index (χ4n) is 2.00. The van der Waals surface area contributed by atoms with E-state index in [9.17, 15) is 13.5 Å². The van der Waals surface area contributed by atoms with Gasteiger partial charge >= 0.3 is 0 Å². The van der Waals surface area contributed by atoms with E-state index in [1.165, 1.54) is 5.56 Å². The molecule has 1 fully saturated rings. The van der Waals surface area contributed by atoms with Crippen LogP contribution in [0.5, 0.6) is 0 Å². The molecule has 0 heterocycles. The number of aliphatic hydroxyl groups excluding tert-OH is 1. The summed E-state index contributed by atoms with van der Waals surface area (Å²) >= 11 is 0. The maximum Gasteiger partial charge on any atom is 0.261 e. The van der Waals surface area contributed by atoms with Gasteiger partial charge in [0.05, 0.1) is 25.1 Å². The van der Waals surface area contributed by atoms with Crippen LogP contribution < -0.4 is 0 Å². The minimum atomic E-state index is -3.67. The quantitative estimate of drug-likeness (QED) is 0.834. The zero-order valence-corrected chi connectivity index (χ0v) is 12.4. The van der Waals surface area contributed by atoms with Crippen molar-refractivity contribution in [3.05, 3.63) is 35.9 Å². The first-order valence-electron chi connectivity index (χ1n) is 6.60. The highest BCUT2D eigenvalue weighted by Gasteiger charge is 2.19. The summed E-state index contributed by atoms with van der Waals surface area (Å²) in [5, 5.41) is 9.36. The van der Waals surface area contributed by atoms with Gasteiger partial charge in [-0.1, -0.05) is 30.3 Å². The molecule has 0 atom stereocenters. The largest absolute Gasteiger partial charge is 0.393 e. The van der Waals surface area contributed by atoms with Gasteiger partial charge in [-0.15, -0.1) is 0 Å². The predicted molar refractivity (Wildman–Crippen MR) is 77.0 cm³/mol. The molecule has 1 aliphatic carbocycles. The summed E-state index contributed by atoms with van der Waals surface area (Å²) in [4.78, 5) is 0. The number of aliphatic hydroxyl groups is 1. The van der Waals surface area contributed by atoms with Crippen LogP contribution in [0, 0.1) is 0 Å². The van der Waals surface area contributed by atoms with Crippen LogP contribution in [0.25, 0.3) is 0 Å². The van der Waals surface area contributed by atoms with Crippen LogP contribution in [0.4, 0.5) is 0 Å². The van der Waals surface area contributed by atoms with Gasteiger partial charge in [0.25, 0.3) is 10.1 Å². The van der Waals surface area contributed by atoms with Crippen molar-refractivity contribution in [2.24, 2.45) is 0 Å². The normalized spacial score (nSPS) is 22.8. The third kappa shape index (κ3) is 9.03. The van der Waals surface area contributed by atoms with Crippen LogP contribution in [-0.4, -0.2) is 36.5 Å². The molecule has 1 saturated carbocycles. The molecule has 0 bridgehead atoms. The van der Waals surface area contributed by atoms with E-state index < -0.39 is 10.1 Å². The summed E-state index contributed by atoms with van der Waals surface area (Å²) in [6.07, 6.45) is 4.73. The van der Waals surface area contributed by atoms with Crippen LogP contribution in [-0.2, 0) is 21.5 Å². The summed E-state index contributed by atoms with van der Waals surface area (Å²) in [6, 6.07) is 10.2. The Morgan fingerprint density at radius 3 is 2.15 bits per heavy atom. The average molecular weight is 302 g/mol. The molecule has 114 valence electrons. The first-order chi connectivity index (χ1) is 9.34. The minimum Gasteiger partial charge on any atom is -0.393 e. The van der Waals surface area contributed by atoms with Crippen LogP contribution in [0.1, 0.15) is 31.2 Å². The van der Waals surface area contributed by atoms with Gasteiger partial charge in [-0.3, -0.25) is 4.55 Å². The summed E-state index contributed by atoms with van der Waals surface area (Å²) in [5.41, 5.74) is 1.23. The Bertz CT molecular complexity index is 456. The smallest absolute Gasteiger partial charge is 0.261 e. The Hall–Kier alpha value is -0.950. The lowest BCUT2D eigenvalue weighted by Gasteiger charge is -2.25. The SMILES string of the molecule is CS(=O)(=O)O.OC1CCC(OCc2ccccc2)CC1. The molecule has 0 spiro atoms. The number of hydrogen-bond donors (Lipinski definition) is 2. The molecule has 0 aliphatic heterocycles. The first kappa shape index (κ1) is 17.1. The Morgan fingerprint density at radius 1 is 1.15 bits per heavy atom. The number of rotatable bonds is 3. The lowest BCUT2D eigenvalue weighted by Crippen LogP contribution is -2.24. The molecule has 1 aromatic carbocycles. The van der Waals surface area contributed by atoms with Gasteiger partial charge in [0.2, 0.25) is 0 Å². The lowest BCUT2D eigenvalue weighted by atomic mass is 9.95. The van der Waals surface area contributed by atoms with Gasteiger partial charge in [0, 0.05) is 0 Å². The Balaban J connectivity index is 0.000000347. The second-order valence-electron chi connectivity index (χ2n) is 4.96. The van der Waals surface area contributed by atoms with E-state index in [0.717, 1.165) is 25.7 Å². The van der Waals surface area contributed by atoms with Gasteiger partial charge in [0.15, 0.2) is 0 Å². The summed E-state index contributed by atoms with van der Waals surface area (Å²) in [6.45, 7) is 0.696. The molecule has 1 aromatic rings. The predicted octanol–water partition coefficient (Wildman–Crippen LogP) is 2.01. The topological polar surface area (TPSA) is 83.8 Å². The molecule has 5 nitrogen and oxygen atoms in total. The number of hydrogen-bond acceptors (Lipinski definition) is 4. The molecule has 2 N–H and O–H groups in total. The molecular weight excluding hydrogens is 280 g/mol. The van der Waals surface area contributed by atoms with Gasteiger partial charge in [0.1, 0.15) is 0 Å². The van der Waals surface area contributed by atoms with E-state index in [0.29, 0.717) is 19.0 Å². The monoisotopic (exact) mass is 302 g/mol. The molecule has 0 unspecified atom stereocenters. The van der Waals surface area contributed by atoms with Crippen LogP contribution in [0.15, 0.2) is 30.3 Å². The molecule has 0 amide bonds. The van der Waals surface area contributed by atoms with E-state index in [2.05, 4.69) is 12.1 Å². The Morgan fingerprint density at radius 2 is 1.65 bits per heavy atom. The number of benzene rings is 1. The van der Waals surface area contributed by atoms with Crippen molar-refractivity contribution >= 4 is 10.1 Å². The third-order valence-electron chi connectivity index (χ3n) is 2.97. The summed E-state index contributed by atoms with van der Waals surface area (Å²) in [5.74, 6) is 0. The summed E-state index contributed by atoms with van der Waals surface area (Å²) in [7, 11) is -3.67. The van der Waals surface area contributed by atoms with E-state index in [1.807, 2.05) is 18.2 Å². The molecular formula is C14H22O5S. The standard InChI is InChI=1S/C13H18O2.CH4O3S/c14-12-6-8-13(9-7-12)15-10-11-4-2-1-3-5-11;1-5(2,3)4/h1-5,12-14H,6-10H2;1H3,(H,2,3,4). The zero-order valence-electron chi connectivity index (χ0n) is 11.6. The van der Waals surface area contributed by atoms with E-state index in [4.69, 9.17) is 9.29 Å². The van der Waals surface area contributed by atoms with E-state index >= 15 is 0 Å². The highest BCUT2D eigenvalue weighted by Crippen LogP contribution is 2.21. The highest BCUT2D eigenvalue weighted by molar-refractivity contribution is 7.85. The lowest BCUT2D eigenvalue weighted by molar-refractivity contribution is -0.0118. The maximum absolute atomic E-state index is 9.36. The first-order valence-corrected chi connectivity index (χ1v) is 8.45. The molecule has 1 aliphatic rings. The molecule has 0 saturated heterocycles. The van der Waals surface area contributed by atoms with Crippen LogP contribution in [0.2, 0.25) is 0 Å². The van der Waals surface area contributed by atoms with Gasteiger partial charge in [-0.05, 0) is 31.2 Å². The summed E-state index contributed by atoms with van der Waals surface area (Å²) < 4.78 is 31.7. The molecule has 6 heteroatoms. The highest BCUT2D eigenvalue weighted by atomic mass is 32.2.